The molecule has 1 atom stereocenters. The number of hydrogen-bond donors (Lipinski definition) is 0. The quantitative estimate of drug-likeness (QED) is 0.544. The van der Waals surface area contributed by atoms with Gasteiger partial charge in [0.25, 0.3) is 0 Å². The Bertz CT molecular complexity index is 29.7. The Hall–Kier alpha value is -0.110. The number of rotatable bonds is 2. The highest BCUT2D eigenvalue weighted by molar-refractivity contribution is 4.38. The molecular weight excluding hydrogens is 107 g/mol. The van der Waals surface area contributed by atoms with Gasteiger partial charge in [-0.2, -0.15) is 0 Å². The van der Waals surface area contributed by atoms with Crippen molar-refractivity contribution in [3.05, 3.63) is 0 Å². The highest BCUT2D eigenvalue weighted by atomic mass is 19.1. The van der Waals surface area contributed by atoms with Crippen LogP contribution in [0, 0.1) is 0 Å². The summed E-state index contributed by atoms with van der Waals surface area (Å²) in [6, 6.07) is 0. The highest BCUT2D eigenvalue weighted by Gasteiger charge is 1.90. The average molecular weight is 122 g/mol. The van der Waals surface area contributed by atoms with Crippen LogP contribution in [0.15, 0.2) is 0 Å². The van der Waals surface area contributed by atoms with E-state index in [1.54, 1.807) is 0 Å². The largest absolute Gasteiger partial charge is 0.382 e. The van der Waals surface area contributed by atoms with E-state index in [1.807, 2.05) is 13.8 Å². The predicted octanol–water partition coefficient (Wildman–Crippen LogP) is 2.02. The topological polar surface area (TPSA) is 9.23 Å². The second kappa shape index (κ2) is 10.00. The molecule has 0 rings (SSSR count). The SMILES string of the molecule is CC.COCC(C)F. The summed E-state index contributed by atoms with van der Waals surface area (Å²) in [6.45, 7) is 5.67. The minimum absolute atomic E-state index is 0.208. The predicted molar refractivity (Wildman–Crippen MR) is 33.8 cm³/mol. The highest BCUT2D eigenvalue weighted by Crippen LogP contribution is 1.84. The van der Waals surface area contributed by atoms with Gasteiger partial charge in [0.15, 0.2) is 0 Å². The summed E-state index contributed by atoms with van der Waals surface area (Å²) >= 11 is 0. The number of ether oxygens (including phenoxy) is 1. The van der Waals surface area contributed by atoms with Gasteiger partial charge in [0.1, 0.15) is 6.17 Å². The summed E-state index contributed by atoms with van der Waals surface area (Å²) in [5.74, 6) is 0. The van der Waals surface area contributed by atoms with Crippen LogP contribution in [0.2, 0.25) is 0 Å². The Balaban J connectivity index is 0. The van der Waals surface area contributed by atoms with Gasteiger partial charge in [-0.1, -0.05) is 13.8 Å². The van der Waals surface area contributed by atoms with E-state index in [0.29, 0.717) is 0 Å². The molecule has 8 heavy (non-hydrogen) atoms. The Morgan fingerprint density at radius 3 is 1.88 bits per heavy atom. The fraction of sp³-hybridized carbons (Fsp3) is 1.00. The van der Waals surface area contributed by atoms with Crippen molar-refractivity contribution in [1.82, 2.24) is 0 Å². The zero-order valence-electron chi connectivity index (χ0n) is 6.07. The van der Waals surface area contributed by atoms with Crippen LogP contribution >= 0.6 is 0 Å². The average Bonchev–Trinajstić information content (AvgIpc) is 1.72. The van der Waals surface area contributed by atoms with Gasteiger partial charge >= 0.3 is 0 Å². The van der Waals surface area contributed by atoms with Crippen LogP contribution in [0.25, 0.3) is 0 Å². The van der Waals surface area contributed by atoms with E-state index >= 15 is 0 Å². The number of alkyl halides is 1. The molecule has 0 aliphatic heterocycles. The monoisotopic (exact) mass is 122 g/mol. The Labute approximate surface area is 50.8 Å². The van der Waals surface area contributed by atoms with Crippen molar-refractivity contribution in [3.8, 4) is 0 Å². The molecule has 0 aliphatic carbocycles. The van der Waals surface area contributed by atoms with E-state index < -0.39 is 6.17 Å². The lowest BCUT2D eigenvalue weighted by atomic mass is 10.5. The molecule has 2 heteroatoms. The lowest BCUT2D eigenvalue weighted by Crippen LogP contribution is -2.01. The molecule has 0 saturated heterocycles. The van der Waals surface area contributed by atoms with Gasteiger partial charge in [-0.25, -0.2) is 4.39 Å². The fourth-order valence-electron chi connectivity index (χ4n) is 0.230. The summed E-state index contributed by atoms with van der Waals surface area (Å²) in [6.07, 6.45) is -0.824. The standard InChI is InChI=1S/C4H9FO.C2H6/c1-4(5)3-6-2;1-2/h4H,3H2,1-2H3;1-2H3. The van der Waals surface area contributed by atoms with E-state index in [1.165, 1.54) is 14.0 Å². The molecule has 0 spiro atoms. The van der Waals surface area contributed by atoms with Crippen LogP contribution in [0.5, 0.6) is 0 Å². The first-order chi connectivity index (χ1) is 3.77. The first-order valence-electron chi connectivity index (χ1n) is 2.90. The first-order valence-corrected chi connectivity index (χ1v) is 2.90. The molecule has 1 nitrogen and oxygen atoms in total. The van der Waals surface area contributed by atoms with E-state index in [2.05, 4.69) is 4.74 Å². The van der Waals surface area contributed by atoms with Gasteiger partial charge in [0.2, 0.25) is 0 Å². The third kappa shape index (κ3) is 16.9. The molecule has 0 aromatic rings. The minimum atomic E-state index is -0.824. The summed E-state index contributed by atoms with van der Waals surface area (Å²) in [5, 5.41) is 0. The van der Waals surface area contributed by atoms with Crippen molar-refractivity contribution < 1.29 is 9.13 Å². The Kier molecular flexibility index (Phi) is 13.5. The first kappa shape index (κ1) is 10.8. The molecule has 0 amide bonds. The molecule has 0 bridgehead atoms. The van der Waals surface area contributed by atoms with Gasteiger partial charge in [-0.05, 0) is 6.92 Å². The molecule has 0 radical (unpaired) electrons. The molecule has 52 valence electrons. The third-order valence-electron chi connectivity index (χ3n) is 0.396. The van der Waals surface area contributed by atoms with Crippen molar-refractivity contribution in [2.24, 2.45) is 0 Å². The zero-order chi connectivity index (χ0) is 6.99. The maximum absolute atomic E-state index is 11.6. The Morgan fingerprint density at radius 2 is 1.88 bits per heavy atom. The molecule has 0 aliphatic rings. The van der Waals surface area contributed by atoms with Crippen LogP contribution < -0.4 is 0 Å². The lowest BCUT2D eigenvalue weighted by molar-refractivity contribution is 0.133. The van der Waals surface area contributed by atoms with Gasteiger partial charge < -0.3 is 4.74 Å². The van der Waals surface area contributed by atoms with Crippen LogP contribution in [-0.2, 0) is 4.74 Å². The molecule has 0 N–H and O–H groups in total. The van der Waals surface area contributed by atoms with Crippen LogP contribution in [-0.4, -0.2) is 19.9 Å². The molecule has 0 fully saturated rings. The Morgan fingerprint density at radius 1 is 1.50 bits per heavy atom. The smallest absolute Gasteiger partial charge is 0.121 e. The van der Waals surface area contributed by atoms with Crippen molar-refractivity contribution in [2.75, 3.05) is 13.7 Å². The van der Waals surface area contributed by atoms with Crippen molar-refractivity contribution >= 4 is 0 Å². The van der Waals surface area contributed by atoms with Crippen LogP contribution in [0.1, 0.15) is 20.8 Å². The van der Waals surface area contributed by atoms with Gasteiger partial charge in [0, 0.05) is 7.11 Å². The van der Waals surface area contributed by atoms with Crippen molar-refractivity contribution in [2.45, 2.75) is 26.9 Å². The molecule has 1 unspecified atom stereocenters. The van der Waals surface area contributed by atoms with E-state index in [4.69, 9.17) is 0 Å². The van der Waals surface area contributed by atoms with Gasteiger partial charge in [-0.3, -0.25) is 0 Å². The van der Waals surface area contributed by atoms with Crippen LogP contribution in [0.3, 0.4) is 0 Å². The summed E-state index contributed by atoms with van der Waals surface area (Å²) in [4.78, 5) is 0. The molecule has 0 saturated carbocycles. The van der Waals surface area contributed by atoms with E-state index in [-0.39, 0.29) is 6.61 Å². The van der Waals surface area contributed by atoms with Gasteiger partial charge in [0.05, 0.1) is 6.61 Å². The van der Waals surface area contributed by atoms with Crippen molar-refractivity contribution in [3.63, 3.8) is 0 Å². The summed E-state index contributed by atoms with van der Waals surface area (Å²) in [7, 11) is 1.48. The molecule has 0 aromatic carbocycles. The maximum atomic E-state index is 11.6. The summed E-state index contributed by atoms with van der Waals surface area (Å²) in [5.41, 5.74) is 0. The minimum Gasteiger partial charge on any atom is -0.382 e. The maximum Gasteiger partial charge on any atom is 0.121 e. The lowest BCUT2D eigenvalue weighted by Gasteiger charge is -1.94. The number of methoxy groups -OCH3 is 1. The van der Waals surface area contributed by atoms with Crippen molar-refractivity contribution in [1.29, 1.82) is 0 Å². The van der Waals surface area contributed by atoms with Crippen LogP contribution in [0.4, 0.5) is 4.39 Å². The third-order valence-corrected chi connectivity index (χ3v) is 0.396. The molecular formula is C6H15FO. The molecule has 0 aromatic heterocycles. The molecule has 0 heterocycles. The second-order valence-electron chi connectivity index (χ2n) is 1.24. The zero-order valence-corrected chi connectivity index (χ0v) is 6.07. The fourth-order valence-corrected chi connectivity index (χ4v) is 0.230. The number of halogens is 1. The summed E-state index contributed by atoms with van der Waals surface area (Å²) < 4.78 is 16.0. The normalized spacial score (nSPS) is 11.6. The second-order valence-corrected chi connectivity index (χ2v) is 1.24. The number of hydrogen-bond acceptors (Lipinski definition) is 1. The van der Waals surface area contributed by atoms with E-state index in [0.717, 1.165) is 0 Å². The van der Waals surface area contributed by atoms with Gasteiger partial charge in [-0.15, -0.1) is 0 Å². The van der Waals surface area contributed by atoms with E-state index in [9.17, 15) is 4.39 Å².